The van der Waals surface area contributed by atoms with Crippen molar-refractivity contribution in [2.75, 3.05) is 19.6 Å². The van der Waals surface area contributed by atoms with Crippen molar-refractivity contribution in [2.24, 2.45) is 11.7 Å². The van der Waals surface area contributed by atoms with Gasteiger partial charge in [0.15, 0.2) is 0 Å². The minimum atomic E-state index is 0.451. The van der Waals surface area contributed by atoms with Crippen molar-refractivity contribution < 1.29 is 0 Å². The van der Waals surface area contributed by atoms with E-state index in [0.717, 1.165) is 26.2 Å². The first-order valence-electron chi connectivity index (χ1n) is 5.65. The Morgan fingerprint density at radius 1 is 1.53 bits per heavy atom. The summed E-state index contributed by atoms with van der Waals surface area (Å²) in [6, 6.07) is 2.56. The molecule has 2 rings (SSSR count). The number of rotatable bonds is 4. The van der Waals surface area contributed by atoms with E-state index in [4.69, 9.17) is 5.73 Å². The first-order valence-corrected chi connectivity index (χ1v) is 5.65. The maximum absolute atomic E-state index is 5.59. The molecule has 0 amide bonds. The van der Waals surface area contributed by atoms with Gasteiger partial charge in [0.25, 0.3) is 0 Å². The molecule has 1 saturated heterocycles. The third-order valence-electron chi connectivity index (χ3n) is 2.94. The van der Waals surface area contributed by atoms with Crippen molar-refractivity contribution in [2.45, 2.75) is 26.4 Å². The fraction of sp³-hybridized carbons (Fsp3) is 0.727. The molecule has 0 atom stereocenters. The second-order valence-corrected chi connectivity index (χ2v) is 4.68. The topological polar surface area (TPSA) is 47.1 Å². The van der Waals surface area contributed by atoms with Gasteiger partial charge in [-0.2, -0.15) is 5.10 Å². The molecule has 15 heavy (non-hydrogen) atoms. The van der Waals surface area contributed by atoms with E-state index < -0.39 is 0 Å². The maximum Gasteiger partial charge on any atom is 0.0764 e. The molecule has 4 heteroatoms. The average molecular weight is 208 g/mol. The molecule has 4 nitrogen and oxygen atoms in total. The molecule has 2 N–H and O–H groups in total. The van der Waals surface area contributed by atoms with Gasteiger partial charge in [0.05, 0.1) is 5.69 Å². The molecule has 1 aliphatic rings. The Balaban J connectivity index is 1.84. The normalized spacial score (nSPS) is 18.4. The Labute approximate surface area is 91.1 Å². The van der Waals surface area contributed by atoms with E-state index in [1.54, 1.807) is 0 Å². The summed E-state index contributed by atoms with van der Waals surface area (Å²) < 4.78 is 2.01. The van der Waals surface area contributed by atoms with Crippen LogP contribution in [0.1, 0.15) is 25.6 Å². The molecule has 2 heterocycles. The van der Waals surface area contributed by atoms with E-state index in [1.165, 1.54) is 5.69 Å². The van der Waals surface area contributed by atoms with Gasteiger partial charge in [-0.1, -0.05) is 0 Å². The summed E-state index contributed by atoms with van der Waals surface area (Å²) in [6.07, 6.45) is 2.06. The summed E-state index contributed by atoms with van der Waals surface area (Å²) in [7, 11) is 0. The van der Waals surface area contributed by atoms with Crippen LogP contribution in [0.5, 0.6) is 0 Å². The minimum Gasteiger partial charge on any atom is -0.330 e. The van der Waals surface area contributed by atoms with Crippen LogP contribution in [-0.2, 0) is 6.54 Å². The molecule has 0 unspecified atom stereocenters. The van der Waals surface area contributed by atoms with Gasteiger partial charge in [0, 0.05) is 31.9 Å². The molecule has 0 radical (unpaired) electrons. The number of hydrogen-bond donors (Lipinski definition) is 1. The smallest absolute Gasteiger partial charge is 0.0764 e. The van der Waals surface area contributed by atoms with Crippen LogP contribution in [0, 0.1) is 5.92 Å². The van der Waals surface area contributed by atoms with Crippen LogP contribution in [0.2, 0.25) is 0 Å². The molecule has 1 fully saturated rings. The first-order chi connectivity index (χ1) is 7.19. The lowest BCUT2D eigenvalue weighted by molar-refractivity contribution is 0.0961. The third-order valence-corrected chi connectivity index (χ3v) is 2.94. The molecular weight excluding hydrogens is 188 g/mol. The zero-order valence-electron chi connectivity index (χ0n) is 9.56. The van der Waals surface area contributed by atoms with Gasteiger partial charge in [0.1, 0.15) is 0 Å². The summed E-state index contributed by atoms with van der Waals surface area (Å²) in [5.74, 6) is 0.706. The van der Waals surface area contributed by atoms with E-state index in [9.17, 15) is 0 Å². The summed E-state index contributed by atoms with van der Waals surface area (Å²) in [5.41, 5.74) is 6.75. The van der Waals surface area contributed by atoms with E-state index in [1.807, 2.05) is 4.68 Å². The van der Waals surface area contributed by atoms with Gasteiger partial charge in [-0.05, 0) is 32.4 Å². The van der Waals surface area contributed by atoms with E-state index in [-0.39, 0.29) is 0 Å². The summed E-state index contributed by atoms with van der Waals surface area (Å²) in [4.78, 5) is 2.39. The van der Waals surface area contributed by atoms with Gasteiger partial charge < -0.3 is 5.73 Å². The van der Waals surface area contributed by atoms with Crippen LogP contribution in [0.25, 0.3) is 0 Å². The van der Waals surface area contributed by atoms with Gasteiger partial charge in [0.2, 0.25) is 0 Å². The van der Waals surface area contributed by atoms with Crippen molar-refractivity contribution in [3.05, 3.63) is 18.0 Å². The molecular formula is C11H20N4. The molecule has 1 aliphatic heterocycles. The molecule has 1 aromatic heterocycles. The number of nitrogens with two attached hydrogens (primary N) is 1. The molecule has 84 valence electrons. The second-order valence-electron chi connectivity index (χ2n) is 4.68. The summed E-state index contributed by atoms with van der Waals surface area (Å²) >= 11 is 0. The molecule has 0 saturated carbocycles. The van der Waals surface area contributed by atoms with Crippen molar-refractivity contribution in [3.63, 3.8) is 0 Å². The molecule has 0 aliphatic carbocycles. The van der Waals surface area contributed by atoms with Gasteiger partial charge in [-0.15, -0.1) is 0 Å². The van der Waals surface area contributed by atoms with Crippen LogP contribution in [0.3, 0.4) is 0 Å². The van der Waals surface area contributed by atoms with Crippen LogP contribution in [-0.4, -0.2) is 34.3 Å². The third kappa shape index (κ3) is 2.38. The largest absolute Gasteiger partial charge is 0.330 e. The molecule has 1 aromatic rings. The number of nitrogens with zero attached hydrogens (tertiary/aromatic N) is 3. The van der Waals surface area contributed by atoms with Crippen LogP contribution < -0.4 is 5.73 Å². The lowest BCUT2D eigenvalue weighted by Gasteiger charge is -2.38. The average Bonchev–Trinajstić information content (AvgIpc) is 2.58. The van der Waals surface area contributed by atoms with Gasteiger partial charge in [-0.25, -0.2) is 0 Å². The van der Waals surface area contributed by atoms with Crippen LogP contribution >= 0.6 is 0 Å². The Morgan fingerprint density at radius 2 is 2.27 bits per heavy atom. The van der Waals surface area contributed by atoms with Gasteiger partial charge >= 0.3 is 0 Å². The quantitative estimate of drug-likeness (QED) is 0.798. The zero-order chi connectivity index (χ0) is 10.8. The lowest BCUT2D eigenvalue weighted by Crippen LogP contribution is -2.49. The van der Waals surface area contributed by atoms with Crippen molar-refractivity contribution >= 4 is 0 Å². The molecule has 0 aromatic carbocycles. The highest BCUT2D eigenvalue weighted by atomic mass is 15.3. The zero-order valence-corrected chi connectivity index (χ0v) is 9.56. The Kier molecular flexibility index (Phi) is 3.07. The summed E-state index contributed by atoms with van der Waals surface area (Å²) in [6.45, 7) is 8.33. The molecule has 0 spiro atoms. The minimum absolute atomic E-state index is 0.451. The monoisotopic (exact) mass is 208 g/mol. The van der Waals surface area contributed by atoms with Crippen molar-refractivity contribution in [3.8, 4) is 0 Å². The number of likely N-dealkylation sites (tertiary alicyclic amines) is 1. The second kappa shape index (κ2) is 4.33. The first kappa shape index (κ1) is 10.6. The van der Waals surface area contributed by atoms with Crippen LogP contribution in [0.15, 0.2) is 12.3 Å². The highest BCUT2D eigenvalue weighted by Gasteiger charge is 2.25. The SMILES string of the molecule is CC(C)n1ccc(CN2CC(CN)C2)n1. The predicted molar refractivity (Wildman–Crippen MR) is 60.4 cm³/mol. The fourth-order valence-electron chi connectivity index (χ4n) is 1.93. The molecule has 0 bridgehead atoms. The Hall–Kier alpha value is -0.870. The Bertz CT molecular complexity index is 312. The Morgan fingerprint density at radius 3 is 2.80 bits per heavy atom. The summed E-state index contributed by atoms with van der Waals surface area (Å²) in [5, 5.41) is 4.53. The lowest BCUT2D eigenvalue weighted by atomic mass is 10.0. The number of hydrogen-bond acceptors (Lipinski definition) is 3. The highest BCUT2D eigenvalue weighted by molar-refractivity contribution is 5.00. The van der Waals surface area contributed by atoms with E-state index in [2.05, 4.69) is 36.1 Å². The highest BCUT2D eigenvalue weighted by Crippen LogP contribution is 2.17. The van der Waals surface area contributed by atoms with E-state index >= 15 is 0 Å². The van der Waals surface area contributed by atoms with Crippen LogP contribution in [0.4, 0.5) is 0 Å². The number of aromatic nitrogens is 2. The van der Waals surface area contributed by atoms with Crippen molar-refractivity contribution in [1.82, 2.24) is 14.7 Å². The van der Waals surface area contributed by atoms with Gasteiger partial charge in [-0.3, -0.25) is 9.58 Å². The fourth-order valence-corrected chi connectivity index (χ4v) is 1.93. The standard InChI is InChI=1S/C11H20N4/c1-9(2)15-4-3-11(13-15)8-14-6-10(5-12)7-14/h3-4,9-10H,5-8,12H2,1-2H3. The predicted octanol–water partition coefficient (Wildman–Crippen LogP) is 0.855. The maximum atomic E-state index is 5.59. The van der Waals surface area contributed by atoms with E-state index in [0.29, 0.717) is 12.0 Å². The van der Waals surface area contributed by atoms with Crippen molar-refractivity contribution in [1.29, 1.82) is 0 Å².